The summed E-state index contributed by atoms with van der Waals surface area (Å²) < 4.78 is 26.6. The quantitative estimate of drug-likeness (QED) is 0.847. The number of amides is 1. The van der Waals surface area contributed by atoms with E-state index < -0.39 is 10.0 Å². The first-order chi connectivity index (χ1) is 11.0. The van der Waals surface area contributed by atoms with Crippen LogP contribution in [0, 0.1) is 0 Å². The topological polar surface area (TPSA) is 69.7 Å². The van der Waals surface area contributed by atoms with Crippen LogP contribution in [0.25, 0.3) is 0 Å². The van der Waals surface area contributed by atoms with E-state index in [1.807, 2.05) is 0 Å². The van der Waals surface area contributed by atoms with Gasteiger partial charge in [0.15, 0.2) is 0 Å². The minimum Gasteiger partial charge on any atom is -0.339 e. The van der Waals surface area contributed by atoms with E-state index in [-0.39, 0.29) is 16.8 Å². The summed E-state index contributed by atoms with van der Waals surface area (Å²) in [7, 11) is -3.53. The van der Waals surface area contributed by atoms with Crippen molar-refractivity contribution in [3.63, 3.8) is 0 Å². The van der Waals surface area contributed by atoms with E-state index in [1.54, 1.807) is 28.8 Å². The summed E-state index contributed by atoms with van der Waals surface area (Å²) in [6.07, 6.45) is 0. The van der Waals surface area contributed by atoms with Gasteiger partial charge in [-0.2, -0.15) is 4.31 Å². The fourth-order valence-corrected chi connectivity index (χ4v) is 5.16. The Balaban J connectivity index is 1.64. The van der Waals surface area contributed by atoms with Crippen LogP contribution in [0.15, 0.2) is 29.2 Å². The van der Waals surface area contributed by atoms with Crippen LogP contribution < -0.4 is 5.32 Å². The molecule has 1 aromatic rings. The summed E-state index contributed by atoms with van der Waals surface area (Å²) in [5, 5.41) is 3.65. The Morgan fingerprint density at radius 3 is 2.39 bits per heavy atom. The minimum absolute atomic E-state index is 0.0681. The van der Waals surface area contributed by atoms with Crippen LogP contribution >= 0.6 is 23.4 Å². The average Bonchev–Trinajstić information content (AvgIpc) is 3.09. The van der Waals surface area contributed by atoms with Gasteiger partial charge < -0.3 is 4.90 Å². The zero-order chi connectivity index (χ0) is 16.4. The highest BCUT2D eigenvalue weighted by Gasteiger charge is 2.33. The summed E-state index contributed by atoms with van der Waals surface area (Å²) in [6, 6.07) is 6.01. The predicted molar refractivity (Wildman–Crippen MR) is 91.0 cm³/mol. The molecule has 1 N–H and O–H groups in total. The van der Waals surface area contributed by atoms with Crippen LogP contribution in [0.3, 0.4) is 0 Å². The van der Waals surface area contributed by atoms with E-state index in [2.05, 4.69) is 5.32 Å². The lowest BCUT2D eigenvalue weighted by atomic mass is 10.2. The zero-order valence-corrected chi connectivity index (χ0v) is 14.8. The molecule has 1 amide bonds. The predicted octanol–water partition coefficient (Wildman–Crippen LogP) is 0.835. The molecule has 2 heterocycles. The molecule has 0 aromatic heterocycles. The van der Waals surface area contributed by atoms with E-state index in [0.29, 0.717) is 31.2 Å². The van der Waals surface area contributed by atoms with Gasteiger partial charge in [0, 0.05) is 42.8 Å². The molecule has 2 aliphatic heterocycles. The summed E-state index contributed by atoms with van der Waals surface area (Å²) in [5.74, 6) is 1.64. The number of halogens is 1. The van der Waals surface area contributed by atoms with E-state index in [0.717, 1.165) is 11.6 Å². The van der Waals surface area contributed by atoms with Gasteiger partial charge in [-0.3, -0.25) is 10.1 Å². The number of sulfonamides is 1. The summed E-state index contributed by atoms with van der Waals surface area (Å²) in [5.41, 5.74) is 0. The van der Waals surface area contributed by atoms with Gasteiger partial charge in [0.2, 0.25) is 15.9 Å². The molecular formula is C14H18ClN3O3S2. The molecule has 0 spiro atoms. The molecule has 9 heteroatoms. The highest BCUT2D eigenvalue weighted by molar-refractivity contribution is 7.99. The van der Waals surface area contributed by atoms with Gasteiger partial charge in [-0.1, -0.05) is 11.6 Å². The fourth-order valence-electron chi connectivity index (χ4n) is 2.68. The Hall–Kier alpha value is -0.800. The molecule has 23 heavy (non-hydrogen) atoms. The number of thioether (sulfide) groups is 1. The van der Waals surface area contributed by atoms with Crippen molar-refractivity contribution < 1.29 is 13.2 Å². The largest absolute Gasteiger partial charge is 0.339 e. The van der Waals surface area contributed by atoms with E-state index in [1.165, 1.54) is 16.4 Å². The Morgan fingerprint density at radius 2 is 1.83 bits per heavy atom. The lowest BCUT2D eigenvalue weighted by molar-refractivity contribution is -0.133. The van der Waals surface area contributed by atoms with Gasteiger partial charge >= 0.3 is 0 Å². The fraction of sp³-hybridized carbons (Fsp3) is 0.500. The monoisotopic (exact) mass is 375 g/mol. The third-order valence-corrected chi connectivity index (χ3v) is 7.12. The number of rotatable bonds is 3. The molecule has 0 radical (unpaired) electrons. The molecule has 6 nitrogen and oxygen atoms in total. The van der Waals surface area contributed by atoms with Gasteiger partial charge in [0.1, 0.15) is 0 Å². The maximum atomic E-state index is 12.6. The molecule has 0 bridgehead atoms. The van der Waals surface area contributed by atoms with Crippen molar-refractivity contribution in [1.29, 1.82) is 0 Å². The van der Waals surface area contributed by atoms with Crippen molar-refractivity contribution in [3.8, 4) is 0 Å². The third-order valence-electron chi connectivity index (χ3n) is 4.02. The minimum atomic E-state index is -3.53. The second-order valence-corrected chi connectivity index (χ2v) is 8.86. The van der Waals surface area contributed by atoms with Crippen LogP contribution in [-0.2, 0) is 14.8 Å². The van der Waals surface area contributed by atoms with Crippen LogP contribution in [0.1, 0.15) is 0 Å². The summed E-state index contributed by atoms with van der Waals surface area (Å²) in [6.45, 7) is 1.48. The van der Waals surface area contributed by atoms with E-state index >= 15 is 0 Å². The molecule has 1 aromatic carbocycles. The van der Waals surface area contributed by atoms with Gasteiger partial charge in [-0.25, -0.2) is 8.42 Å². The Labute approximate surface area is 145 Å². The number of nitrogens with one attached hydrogen (secondary N) is 1. The van der Waals surface area contributed by atoms with E-state index in [4.69, 9.17) is 11.6 Å². The highest BCUT2D eigenvalue weighted by Crippen LogP contribution is 2.20. The molecule has 1 unspecified atom stereocenters. The molecule has 2 fully saturated rings. The Morgan fingerprint density at radius 1 is 1.17 bits per heavy atom. The smallest absolute Gasteiger partial charge is 0.243 e. The third kappa shape index (κ3) is 3.66. The first-order valence-corrected chi connectivity index (χ1v) is 10.3. The molecular weight excluding hydrogens is 358 g/mol. The maximum absolute atomic E-state index is 12.6. The SMILES string of the molecule is O=C(C1CSCN1)N1CCN(S(=O)(=O)c2ccc(Cl)cc2)CC1. The number of hydrogen-bond donors (Lipinski definition) is 1. The number of hydrogen-bond acceptors (Lipinski definition) is 5. The number of carbonyl (C=O) groups excluding carboxylic acids is 1. The normalized spacial score (nSPS) is 23.2. The zero-order valence-electron chi connectivity index (χ0n) is 12.4. The van der Waals surface area contributed by atoms with Gasteiger partial charge in [0.05, 0.1) is 10.9 Å². The molecule has 1 atom stereocenters. The van der Waals surface area contributed by atoms with Crippen LogP contribution in [0.5, 0.6) is 0 Å². The van der Waals surface area contributed by atoms with Crippen molar-refractivity contribution in [2.45, 2.75) is 10.9 Å². The second kappa shape index (κ2) is 6.98. The lowest BCUT2D eigenvalue weighted by Gasteiger charge is -2.35. The first-order valence-electron chi connectivity index (χ1n) is 7.34. The molecule has 126 valence electrons. The van der Waals surface area contributed by atoms with Crippen molar-refractivity contribution in [2.24, 2.45) is 0 Å². The molecule has 0 saturated carbocycles. The van der Waals surface area contributed by atoms with Crippen molar-refractivity contribution in [1.82, 2.24) is 14.5 Å². The summed E-state index contributed by atoms with van der Waals surface area (Å²) >= 11 is 7.51. The standard InChI is InChI=1S/C14H18ClN3O3S2/c15-11-1-3-12(4-2-11)23(20,21)18-7-5-17(6-8-18)14(19)13-9-22-10-16-13/h1-4,13,16H,5-10H2. The number of benzene rings is 1. The van der Waals surface area contributed by atoms with Crippen molar-refractivity contribution in [3.05, 3.63) is 29.3 Å². The Bertz CT molecular complexity index is 667. The lowest BCUT2D eigenvalue weighted by Crippen LogP contribution is -2.54. The number of piperazine rings is 1. The second-order valence-electron chi connectivity index (χ2n) is 5.46. The average molecular weight is 376 g/mol. The molecule has 2 aliphatic rings. The summed E-state index contributed by atoms with van der Waals surface area (Å²) in [4.78, 5) is 14.3. The number of carbonyl (C=O) groups is 1. The van der Waals surface area contributed by atoms with Gasteiger partial charge in [-0.15, -0.1) is 11.8 Å². The van der Waals surface area contributed by atoms with Crippen molar-refractivity contribution in [2.75, 3.05) is 37.8 Å². The van der Waals surface area contributed by atoms with Gasteiger partial charge in [0.25, 0.3) is 0 Å². The van der Waals surface area contributed by atoms with Crippen molar-refractivity contribution >= 4 is 39.3 Å². The van der Waals surface area contributed by atoms with Crippen LogP contribution in [0.2, 0.25) is 5.02 Å². The maximum Gasteiger partial charge on any atom is 0.243 e. The molecule has 0 aliphatic carbocycles. The van der Waals surface area contributed by atoms with E-state index in [9.17, 15) is 13.2 Å². The Kier molecular flexibility index (Phi) is 5.17. The number of nitrogens with zero attached hydrogens (tertiary/aromatic N) is 2. The van der Waals surface area contributed by atoms with Crippen LogP contribution in [-0.4, -0.2) is 67.4 Å². The highest BCUT2D eigenvalue weighted by atomic mass is 35.5. The first kappa shape index (κ1) is 17.0. The molecule has 3 rings (SSSR count). The van der Waals surface area contributed by atoms with Gasteiger partial charge in [-0.05, 0) is 24.3 Å². The van der Waals surface area contributed by atoms with Crippen LogP contribution in [0.4, 0.5) is 0 Å². The molecule has 2 saturated heterocycles.